The van der Waals surface area contributed by atoms with Crippen molar-refractivity contribution in [1.82, 2.24) is 10.3 Å². The van der Waals surface area contributed by atoms with Gasteiger partial charge in [-0.15, -0.1) is 11.3 Å². The molecule has 3 rings (SSSR count). The van der Waals surface area contributed by atoms with E-state index in [1.165, 1.54) is 4.70 Å². The Bertz CT molecular complexity index is 450. The number of rotatable bonds is 2. The van der Waals surface area contributed by atoms with Gasteiger partial charge in [-0.1, -0.05) is 6.07 Å². The molecule has 0 aliphatic carbocycles. The third kappa shape index (κ3) is 1.27. The number of ether oxygens (including phenoxy) is 1. The third-order valence-electron chi connectivity index (χ3n) is 2.36. The van der Waals surface area contributed by atoms with Crippen LogP contribution in [0.3, 0.4) is 0 Å². The SMILES string of the molecule is c1cc(OC2CNC2)c2ncsc2c1. The van der Waals surface area contributed by atoms with Crippen molar-refractivity contribution in [2.45, 2.75) is 6.10 Å². The zero-order valence-electron chi connectivity index (χ0n) is 7.56. The van der Waals surface area contributed by atoms with Crippen LogP contribution in [0.5, 0.6) is 5.75 Å². The number of thiazole rings is 1. The second-order valence-electron chi connectivity index (χ2n) is 3.35. The molecule has 1 fully saturated rings. The van der Waals surface area contributed by atoms with Crippen LogP contribution in [0.1, 0.15) is 0 Å². The molecule has 1 aliphatic heterocycles. The van der Waals surface area contributed by atoms with Gasteiger partial charge in [0.1, 0.15) is 17.4 Å². The molecule has 0 saturated carbocycles. The topological polar surface area (TPSA) is 34.1 Å². The molecule has 14 heavy (non-hydrogen) atoms. The van der Waals surface area contributed by atoms with Gasteiger partial charge < -0.3 is 10.1 Å². The standard InChI is InChI=1S/C10H10N2OS/c1-2-8(13-7-4-11-5-7)10-9(3-1)14-6-12-10/h1-3,6-7,11H,4-5H2. The minimum atomic E-state index is 0.322. The number of nitrogens with one attached hydrogen (secondary N) is 1. The van der Waals surface area contributed by atoms with Crippen LogP contribution in [-0.4, -0.2) is 24.2 Å². The Morgan fingerprint density at radius 3 is 3.14 bits per heavy atom. The van der Waals surface area contributed by atoms with E-state index in [0.717, 1.165) is 24.4 Å². The highest BCUT2D eigenvalue weighted by Gasteiger charge is 2.19. The lowest BCUT2D eigenvalue weighted by Gasteiger charge is -2.27. The Morgan fingerprint density at radius 2 is 2.36 bits per heavy atom. The molecule has 2 heterocycles. The summed E-state index contributed by atoms with van der Waals surface area (Å²) in [6.45, 7) is 1.89. The molecule has 0 unspecified atom stereocenters. The van der Waals surface area contributed by atoms with E-state index in [9.17, 15) is 0 Å². The van der Waals surface area contributed by atoms with Crippen LogP contribution < -0.4 is 10.1 Å². The summed E-state index contributed by atoms with van der Waals surface area (Å²) in [7, 11) is 0. The summed E-state index contributed by atoms with van der Waals surface area (Å²) in [6, 6.07) is 6.07. The minimum Gasteiger partial charge on any atom is -0.485 e. The lowest BCUT2D eigenvalue weighted by Crippen LogP contribution is -2.50. The quantitative estimate of drug-likeness (QED) is 0.811. The summed E-state index contributed by atoms with van der Waals surface area (Å²) in [5, 5.41) is 3.18. The van der Waals surface area contributed by atoms with Gasteiger partial charge in [0.15, 0.2) is 0 Å². The van der Waals surface area contributed by atoms with E-state index in [0.29, 0.717) is 6.10 Å². The molecule has 3 nitrogen and oxygen atoms in total. The number of hydrogen-bond donors (Lipinski definition) is 1. The van der Waals surface area contributed by atoms with Gasteiger partial charge in [0.2, 0.25) is 0 Å². The first-order valence-electron chi connectivity index (χ1n) is 4.63. The molecular weight excluding hydrogens is 196 g/mol. The number of nitrogens with zero attached hydrogens (tertiary/aromatic N) is 1. The van der Waals surface area contributed by atoms with Crippen LogP contribution in [0.15, 0.2) is 23.7 Å². The van der Waals surface area contributed by atoms with Crippen molar-refractivity contribution in [2.24, 2.45) is 0 Å². The number of hydrogen-bond acceptors (Lipinski definition) is 4. The maximum Gasteiger partial charge on any atom is 0.146 e. The molecule has 0 atom stereocenters. The molecule has 72 valence electrons. The van der Waals surface area contributed by atoms with Crippen molar-refractivity contribution in [2.75, 3.05) is 13.1 Å². The zero-order chi connectivity index (χ0) is 9.38. The van der Waals surface area contributed by atoms with E-state index in [1.807, 2.05) is 17.6 Å². The van der Waals surface area contributed by atoms with E-state index >= 15 is 0 Å². The first-order chi connectivity index (χ1) is 6.93. The van der Waals surface area contributed by atoms with Gasteiger partial charge in [0.25, 0.3) is 0 Å². The molecule has 1 aliphatic rings. The summed E-state index contributed by atoms with van der Waals surface area (Å²) in [6.07, 6.45) is 0.322. The Kier molecular flexibility index (Phi) is 1.89. The molecule has 1 saturated heterocycles. The minimum absolute atomic E-state index is 0.322. The average Bonchev–Trinajstić information content (AvgIpc) is 2.59. The Hall–Kier alpha value is -1.13. The van der Waals surface area contributed by atoms with Crippen LogP contribution in [0.25, 0.3) is 10.2 Å². The summed E-state index contributed by atoms with van der Waals surface area (Å²) in [5.74, 6) is 0.912. The van der Waals surface area contributed by atoms with Gasteiger partial charge >= 0.3 is 0 Å². The van der Waals surface area contributed by atoms with Crippen molar-refractivity contribution in [3.63, 3.8) is 0 Å². The first-order valence-corrected chi connectivity index (χ1v) is 5.51. The first kappa shape index (κ1) is 8.20. The summed E-state index contributed by atoms with van der Waals surface area (Å²) in [5.41, 5.74) is 2.85. The van der Waals surface area contributed by atoms with Crippen LogP contribution in [0.2, 0.25) is 0 Å². The summed E-state index contributed by atoms with van der Waals surface area (Å²) in [4.78, 5) is 4.30. The largest absolute Gasteiger partial charge is 0.485 e. The van der Waals surface area contributed by atoms with Crippen molar-refractivity contribution in [3.05, 3.63) is 23.7 Å². The van der Waals surface area contributed by atoms with Crippen molar-refractivity contribution in [3.8, 4) is 5.75 Å². The van der Waals surface area contributed by atoms with Gasteiger partial charge in [-0.3, -0.25) is 0 Å². The van der Waals surface area contributed by atoms with Crippen LogP contribution in [0.4, 0.5) is 0 Å². The van der Waals surface area contributed by atoms with Crippen molar-refractivity contribution < 1.29 is 4.74 Å². The molecule has 1 aromatic heterocycles. The molecule has 4 heteroatoms. The third-order valence-corrected chi connectivity index (χ3v) is 3.16. The van der Waals surface area contributed by atoms with Gasteiger partial charge in [-0.25, -0.2) is 4.98 Å². The second-order valence-corrected chi connectivity index (χ2v) is 4.24. The zero-order valence-corrected chi connectivity index (χ0v) is 8.38. The highest BCUT2D eigenvalue weighted by atomic mass is 32.1. The monoisotopic (exact) mass is 206 g/mol. The summed E-state index contributed by atoms with van der Waals surface area (Å²) < 4.78 is 6.99. The molecule has 2 aromatic rings. The lowest BCUT2D eigenvalue weighted by atomic mass is 10.2. The molecule has 0 amide bonds. The normalized spacial score (nSPS) is 16.9. The number of fused-ring (bicyclic) bond motifs is 1. The Balaban J connectivity index is 1.97. The maximum atomic E-state index is 5.80. The fourth-order valence-corrected chi connectivity index (χ4v) is 2.17. The number of para-hydroxylation sites is 1. The van der Waals surface area contributed by atoms with Crippen LogP contribution >= 0.6 is 11.3 Å². The van der Waals surface area contributed by atoms with Crippen LogP contribution in [0, 0.1) is 0 Å². The van der Waals surface area contributed by atoms with E-state index in [2.05, 4.69) is 16.4 Å². The smallest absolute Gasteiger partial charge is 0.146 e. The van der Waals surface area contributed by atoms with E-state index < -0.39 is 0 Å². The second kappa shape index (κ2) is 3.22. The van der Waals surface area contributed by atoms with Crippen molar-refractivity contribution in [1.29, 1.82) is 0 Å². The van der Waals surface area contributed by atoms with E-state index in [1.54, 1.807) is 11.3 Å². The molecule has 1 aromatic carbocycles. The van der Waals surface area contributed by atoms with Gasteiger partial charge in [0.05, 0.1) is 10.2 Å². The summed E-state index contributed by atoms with van der Waals surface area (Å²) >= 11 is 1.65. The molecule has 0 bridgehead atoms. The predicted octanol–water partition coefficient (Wildman–Crippen LogP) is 1.65. The molecule has 1 N–H and O–H groups in total. The Labute approximate surface area is 85.7 Å². The maximum absolute atomic E-state index is 5.80. The molecule has 0 radical (unpaired) electrons. The molecular formula is C10H10N2OS. The van der Waals surface area contributed by atoms with Crippen LogP contribution in [-0.2, 0) is 0 Å². The van der Waals surface area contributed by atoms with E-state index in [4.69, 9.17) is 4.74 Å². The number of aromatic nitrogens is 1. The predicted molar refractivity (Wildman–Crippen MR) is 56.9 cm³/mol. The van der Waals surface area contributed by atoms with Gasteiger partial charge in [-0.05, 0) is 12.1 Å². The fourth-order valence-electron chi connectivity index (χ4n) is 1.48. The highest BCUT2D eigenvalue weighted by molar-refractivity contribution is 7.16. The van der Waals surface area contributed by atoms with E-state index in [-0.39, 0.29) is 0 Å². The van der Waals surface area contributed by atoms with Crippen molar-refractivity contribution >= 4 is 21.6 Å². The molecule has 0 spiro atoms. The average molecular weight is 206 g/mol. The number of benzene rings is 1. The fraction of sp³-hybridized carbons (Fsp3) is 0.300. The van der Waals surface area contributed by atoms with Gasteiger partial charge in [0, 0.05) is 13.1 Å². The Morgan fingerprint density at radius 1 is 1.43 bits per heavy atom. The highest BCUT2D eigenvalue weighted by Crippen LogP contribution is 2.27. The van der Waals surface area contributed by atoms with Gasteiger partial charge in [-0.2, -0.15) is 0 Å². The lowest BCUT2D eigenvalue weighted by molar-refractivity contribution is 0.144.